The van der Waals surface area contributed by atoms with E-state index in [0.29, 0.717) is 52.2 Å². The van der Waals surface area contributed by atoms with Crippen LogP contribution in [0.1, 0.15) is 62.0 Å². The summed E-state index contributed by atoms with van der Waals surface area (Å²) in [5, 5.41) is 31.8. The molecule has 1 heterocycles. The summed E-state index contributed by atoms with van der Waals surface area (Å²) in [5.41, 5.74) is 4.44. The first-order valence-electron chi connectivity index (χ1n) is 19.8. The lowest BCUT2D eigenvalue weighted by molar-refractivity contribution is -0.183. The third-order valence-electron chi connectivity index (χ3n) is 12.8. The molecule has 0 aromatic heterocycles. The number of fused-ring (bicyclic) bond motifs is 2. The van der Waals surface area contributed by atoms with Crippen LogP contribution in [0.5, 0.6) is 5.75 Å². The van der Waals surface area contributed by atoms with E-state index in [0.717, 1.165) is 17.7 Å². The lowest BCUT2D eigenvalue weighted by Gasteiger charge is -2.62. The van der Waals surface area contributed by atoms with Gasteiger partial charge in [-0.15, -0.1) is 0 Å². The number of aliphatic hydroxyl groups is 2. The van der Waals surface area contributed by atoms with Crippen LogP contribution in [-0.4, -0.2) is 98.2 Å². The van der Waals surface area contributed by atoms with E-state index in [4.69, 9.17) is 9.57 Å². The average molecular weight is 770 g/mol. The van der Waals surface area contributed by atoms with E-state index in [2.05, 4.69) is 36.7 Å². The van der Waals surface area contributed by atoms with Crippen LogP contribution in [0.3, 0.4) is 0 Å². The maximum atomic E-state index is 14.3. The molecule has 3 amide bonds. The van der Waals surface area contributed by atoms with Crippen molar-refractivity contribution in [1.82, 2.24) is 21.0 Å². The third-order valence-corrected chi connectivity index (χ3v) is 12.8. The number of carbonyl (C=O) groups excluding carboxylic acids is 3. The number of para-hydroxylation sites is 1. The minimum absolute atomic E-state index is 0.0159. The van der Waals surface area contributed by atoms with E-state index in [-0.39, 0.29) is 36.4 Å². The molecule has 12 heteroatoms. The number of carbonyl (C=O) groups is 3. The highest BCUT2D eigenvalue weighted by atomic mass is 16.7. The van der Waals surface area contributed by atoms with Crippen LogP contribution in [-0.2, 0) is 27.4 Å². The van der Waals surface area contributed by atoms with E-state index >= 15 is 0 Å². The number of nitrogens with zero attached hydrogens (tertiary/aromatic N) is 2. The Balaban J connectivity index is 1.29. The molecule has 4 aliphatic rings. The summed E-state index contributed by atoms with van der Waals surface area (Å²) < 4.78 is 6.07. The van der Waals surface area contributed by atoms with Crippen molar-refractivity contribution >= 4 is 23.4 Å². The van der Waals surface area contributed by atoms with Crippen molar-refractivity contribution in [3.05, 3.63) is 83.4 Å². The Morgan fingerprint density at radius 1 is 1.05 bits per heavy atom. The number of methoxy groups -OCH3 is 1. The second-order valence-electron chi connectivity index (χ2n) is 16.7. The Labute approximate surface area is 330 Å². The number of hydroxylamine groups is 2. The number of rotatable bonds is 14. The summed E-state index contributed by atoms with van der Waals surface area (Å²) >= 11 is 0. The molecule has 12 nitrogen and oxygen atoms in total. The van der Waals surface area contributed by atoms with Crippen molar-refractivity contribution in [2.24, 2.45) is 29.1 Å². The quantitative estimate of drug-likeness (QED) is 0.163. The molecule has 9 atom stereocenters. The van der Waals surface area contributed by atoms with Gasteiger partial charge in [-0.2, -0.15) is 5.06 Å². The van der Waals surface area contributed by atoms with Crippen LogP contribution in [0.2, 0.25) is 0 Å². The van der Waals surface area contributed by atoms with Crippen molar-refractivity contribution in [2.75, 3.05) is 39.8 Å². The second kappa shape index (κ2) is 16.9. The van der Waals surface area contributed by atoms with Gasteiger partial charge in [0.15, 0.2) is 0 Å². The number of amides is 3. The highest BCUT2D eigenvalue weighted by Crippen LogP contribution is 2.61. The molecule has 5 N–H and O–H groups in total. The zero-order valence-corrected chi connectivity index (χ0v) is 33.9. The molecule has 3 aromatic rings. The summed E-state index contributed by atoms with van der Waals surface area (Å²) in [6.07, 6.45) is 0.716. The summed E-state index contributed by atoms with van der Waals surface area (Å²) in [5.74, 6) is 0.331. The minimum Gasteiger partial charge on any atom is -0.496 e. The maximum absolute atomic E-state index is 14.3. The van der Waals surface area contributed by atoms with Crippen molar-refractivity contribution in [1.29, 1.82) is 0 Å². The van der Waals surface area contributed by atoms with Gasteiger partial charge in [0.25, 0.3) is 5.91 Å². The van der Waals surface area contributed by atoms with Crippen LogP contribution in [0.15, 0.2) is 66.7 Å². The summed E-state index contributed by atoms with van der Waals surface area (Å²) in [7, 11) is 6.90. The molecule has 3 aliphatic carbocycles. The molecule has 1 aliphatic heterocycles. The van der Waals surface area contributed by atoms with Gasteiger partial charge in [0.2, 0.25) is 11.8 Å². The molecular weight excluding hydrogens is 711 g/mol. The number of anilines is 1. The molecular formula is C44H59N5O7. The average Bonchev–Trinajstić information content (AvgIpc) is 3.56. The van der Waals surface area contributed by atoms with Crippen molar-refractivity contribution in [2.45, 2.75) is 83.8 Å². The molecule has 2 bridgehead atoms. The largest absolute Gasteiger partial charge is 0.496 e. The van der Waals surface area contributed by atoms with Gasteiger partial charge < -0.3 is 35.8 Å². The first kappa shape index (κ1) is 41.2. The van der Waals surface area contributed by atoms with Crippen LogP contribution < -0.4 is 25.6 Å². The molecule has 7 rings (SSSR count). The van der Waals surface area contributed by atoms with Crippen LogP contribution in [0.4, 0.5) is 5.69 Å². The predicted octanol–water partition coefficient (Wildman–Crippen LogP) is 4.18. The molecule has 1 saturated heterocycles. The normalized spacial score (nSPS) is 26.4. The first-order valence-corrected chi connectivity index (χ1v) is 19.8. The van der Waals surface area contributed by atoms with Gasteiger partial charge in [-0.05, 0) is 72.3 Å². The van der Waals surface area contributed by atoms with Gasteiger partial charge in [-0.25, -0.2) is 0 Å². The van der Waals surface area contributed by atoms with Gasteiger partial charge in [-0.1, -0.05) is 69.3 Å². The van der Waals surface area contributed by atoms with E-state index in [9.17, 15) is 24.6 Å². The third kappa shape index (κ3) is 8.16. The van der Waals surface area contributed by atoms with Crippen molar-refractivity contribution < 1.29 is 34.2 Å². The van der Waals surface area contributed by atoms with Crippen molar-refractivity contribution in [3.8, 4) is 16.9 Å². The Hall–Kier alpha value is -4.49. The van der Waals surface area contributed by atoms with Gasteiger partial charge in [-0.3, -0.25) is 19.2 Å². The number of ether oxygens (including phenoxy) is 1. The zero-order chi connectivity index (χ0) is 40.5. The lowest BCUT2D eigenvalue weighted by Crippen LogP contribution is -2.62. The van der Waals surface area contributed by atoms with E-state index < -0.39 is 36.1 Å². The number of aliphatic hydroxyl groups excluding tert-OH is 2. The minimum atomic E-state index is -0.925. The monoisotopic (exact) mass is 769 g/mol. The molecule has 0 radical (unpaired) electrons. The van der Waals surface area contributed by atoms with Crippen molar-refractivity contribution in [3.63, 3.8) is 0 Å². The fourth-order valence-electron chi connectivity index (χ4n) is 9.46. The predicted molar refractivity (Wildman–Crippen MR) is 216 cm³/mol. The van der Waals surface area contributed by atoms with Gasteiger partial charge in [0, 0.05) is 61.9 Å². The Morgan fingerprint density at radius 2 is 1.79 bits per heavy atom. The first-order chi connectivity index (χ1) is 26.7. The number of hydrogen-bond donors (Lipinski definition) is 5. The molecule has 0 spiro atoms. The number of hydrogen-bond acceptors (Lipinski definition) is 9. The fourth-order valence-corrected chi connectivity index (χ4v) is 9.46. The lowest BCUT2D eigenvalue weighted by atomic mass is 9.45. The molecule has 4 fully saturated rings. The highest BCUT2D eigenvalue weighted by molar-refractivity contribution is 5.99. The molecule has 302 valence electrons. The van der Waals surface area contributed by atoms with E-state index in [1.807, 2.05) is 73.6 Å². The van der Waals surface area contributed by atoms with Gasteiger partial charge >= 0.3 is 0 Å². The van der Waals surface area contributed by atoms with Crippen LogP contribution >= 0.6 is 0 Å². The number of likely N-dealkylation sites (N-methyl/N-ethyl adjacent to an activating group) is 1. The topological polar surface area (TPSA) is 153 Å². The smallest absolute Gasteiger partial charge is 0.252 e. The fraction of sp³-hybridized carbons (Fsp3) is 0.523. The summed E-state index contributed by atoms with van der Waals surface area (Å²) in [6.45, 7) is 8.27. The molecule has 3 aromatic carbocycles. The SMILES string of the molecule is CNC(=O)[C@H](Cc1ccccc1)NC(=O)c1cc(-c2cccc(CN3O[C@@H](CO)[C@@H]([C@H](C)O)[C@H]3C(=O)N[C@H]3C[C@H]4C[C@H]([C@@H]3C)C4(C)C)c2OC)cc(N(C)C)c1. The molecule has 56 heavy (non-hydrogen) atoms. The Kier molecular flexibility index (Phi) is 12.4. The maximum Gasteiger partial charge on any atom is 0.252 e. The summed E-state index contributed by atoms with van der Waals surface area (Å²) in [6, 6.07) is 19.1. The van der Waals surface area contributed by atoms with Crippen LogP contribution in [0, 0.1) is 29.1 Å². The second-order valence-corrected chi connectivity index (χ2v) is 16.7. The standard InChI is InChI=1S/C44H59N5O7/c1-25-34-21-31(44(34,3)4)22-35(25)46-43(54)39-38(26(2)51)37(24-50)56-49(39)23-28-15-12-16-33(40(28)55-8)29-18-30(20-32(19-29)48(6)7)41(52)47-36(42(53)45-5)17-27-13-10-9-11-14-27/h9-16,18-20,25-26,31,34-39,50-51H,17,21-24H2,1-8H3,(H,45,53)(H,46,54)(H,47,52)/t25-,26-,31+,34+,35-,36-,37-,38+,39-/m0/s1. The molecule has 0 unspecified atom stereocenters. The van der Waals surface area contributed by atoms with Gasteiger partial charge in [0.1, 0.15) is 23.9 Å². The highest BCUT2D eigenvalue weighted by Gasteiger charge is 2.57. The van der Waals surface area contributed by atoms with E-state index in [1.54, 1.807) is 38.3 Å². The number of benzene rings is 3. The Bertz CT molecular complexity index is 1880. The van der Waals surface area contributed by atoms with Crippen LogP contribution in [0.25, 0.3) is 11.1 Å². The van der Waals surface area contributed by atoms with Gasteiger partial charge in [0.05, 0.1) is 26.4 Å². The number of nitrogens with one attached hydrogen (secondary N) is 3. The van der Waals surface area contributed by atoms with E-state index in [1.165, 1.54) is 6.42 Å². The Morgan fingerprint density at radius 3 is 2.39 bits per heavy atom. The zero-order valence-electron chi connectivity index (χ0n) is 33.9. The summed E-state index contributed by atoms with van der Waals surface area (Å²) in [4.78, 5) is 49.3. The molecule has 3 saturated carbocycles.